The standard InChI is InChI=1S/C8H11BN2O3/c9-6-1-2-7(10-3-4-12)8(5-6)11(13)14/h1-2,5,10,12H,3-4,9H2. The summed E-state index contributed by atoms with van der Waals surface area (Å²) >= 11 is 0. The van der Waals surface area contributed by atoms with Crippen LogP contribution in [0.4, 0.5) is 11.4 Å². The molecule has 0 atom stereocenters. The van der Waals surface area contributed by atoms with Gasteiger partial charge in [-0.05, 0) is 6.07 Å². The van der Waals surface area contributed by atoms with Gasteiger partial charge >= 0.3 is 0 Å². The first kappa shape index (κ1) is 10.5. The second kappa shape index (κ2) is 4.62. The van der Waals surface area contributed by atoms with Gasteiger partial charge in [0.25, 0.3) is 5.69 Å². The van der Waals surface area contributed by atoms with E-state index < -0.39 is 4.92 Å². The monoisotopic (exact) mass is 194 g/mol. The number of nitrogens with zero attached hydrogens (tertiary/aromatic N) is 1. The number of aliphatic hydroxyl groups is 1. The van der Waals surface area contributed by atoms with E-state index in [1.54, 1.807) is 20.0 Å². The fourth-order valence-electron chi connectivity index (χ4n) is 1.13. The number of rotatable bonds is 4. The van der Waals surface area contributed by atoms with Crippen molar-refractivity contribution in [2.75, 3.05) is 18.5 Å². The van der Waals surface area contributed by atoms with Crippen LogP contribution in [0, 0.1) is 10.1 Å². The molecule has 0 aliphatic carbocycles. The molecule has 0 spiro atoms. The van der Waals surface area contributed by atoms with Gasteiger partial charge in [0, 0.05) is 12.6 Å². The van der Waals surface area contributed by atoms with Gasteiger partial charge in [-0.2, -0.15) is 0 Å². The molecule has 5 nitrogen and oxygen atoms in total. The highest BCUT2D eigenvalue weighted by Crippen LogP contribution is 2.21. The first-order valence-electron chi connectivity index (χ1n) is 4.25. The minimum absolute atomic E-state index is 0.0402. The van der Waals surface area contributed by atoms with Crippen LogP contribution >= 0.6 is 0 Å². The molecule has 74 valence electrons. The minimum Gasteiger partial charge on any atom is -0.395 e. The Kier molecular flexibility index (Phi) is 3.47. The third kappa shape index (κ3) is 2.46. The van der Waals surface area contributed by atoms with Gasteiger partial charge in [-0.25, -0.2) is 0 Å². The molecule has 0 bridgehead atoms. The predicted molar refractivity (Wildman–Crippen MR) is 56.8 cm³/mol. The van der Waals surface area contributed by atoms with Crippen LogP contribution in [0.5, 0.6) is 0 Å². The molecule has 1 rings (SSSR count). The molecule has 0 heterocycles. The van der Waals surface area contributed by atoms with Crippen LogP contribution in [0.3, 0.4) is 0 Å². The van der Waals surface area contributed by atoms with Crippen LogP contribution in [0.2, 0.25) is 0 Å². The lowest BCUT2D eigenvalue weighted by atomic mass is 9.95. The maximum Gasteiger partial charge on any atom is 0.291 e. The number of hydrogen-bond acceptors (Lipinski definition) is 4. The predicted octanol–water partition coefficient (Wildman–Crippen LogP) is -0.743. The van der Waals surface area contributed by atoms with Gasteiger partial charge in [-0.1, -0.05) is 11.5 Å². The number of nitro groups is 1. The molecule has 2 N–H and O–H groups in total. The Bertz CT molecular complexity index is 343. The number of nitrogens with one attached hydrogen (secondary N) is 1. The first-order chi connectivity index (χ1) is 6.65. The van der Waals surface area contributed by atoms with E-state index in [0.717, 1.165) is 5.46 Å². The Labute approximate surface area is 82.3 Å². The van der Waals surface area contributed by atoms with Crippen molar-refractivity contribution >= 4 is 24.7 Å². The normalized spacial score (nSPS) is 9.79. The summed E-state index contributed by atoms with van der Waals surface area (Å²) in [6.45, 7) is 0.259. The Morgan fingerprint density at radius 2 is 2.29 bits per heavy atom. The van der Waals surface area contributed by atoms with Crippen molar-refractivity contribution in [3.05, 3.63) is 28.3 Å². The average Bonchev–Trinajstić information content (AvgIpc) is 2.15. The highest BCUT2D eigenvalue weighted by molar-refractivity contribution is 6.32. The summed E-state index contributed by atoms with van der Waals surface area (Å²) in [6.07, 6.45) is 0. The van der Waals surface area contributed by atoms with Crippen molar-refractivity contribution < 1.29 is 10.0 Å². The van der Waals surface area contributed by atoms with Gasteiger partial charge < -0.3 is 10.4 Å². The van der Waals surface area contributed by atoms with Crippen LogP contribution < -0.4 is 10.8 Å². The van der Waals surface area contributed by atoms with Gasteiger partial charge in [0.2, 0.25) is 0 Å². The Hall–Kier alpha value is -1.56. The molecule has 0 unspecified atom stereocenters. The van der Waals surface area contributed by atoms with Crippen molar-refractivity contribution in [3.63, 3.8) is 0 Å². The number of nitro benzene ring substituents is 1. The topological polar surface area (TPSA) is 75.4 Å². The maximum absolute atomic E-state index is 10.6. The van der Waals surface area contributed by atoms with E-state index in [4.69, 9.17) is 5.11 Å². The largest absolute Gasteiger partial charge is 0.395 e. The summed E-state index contributed by atoms with van der Waals surface area (Å²) in [5.74, 6) is 0. The summed E-state index contributed by atoms with van der Waals surface area (Å²) in [6, 6.07) is 4.93. The van der Waals surface area contributed by atoms with E-state index in [0.29, 0.717) is 12.2 Å². The molecule has 0 aliphatic heterocycles. The van der Waals surface area contributed by atoms with Crippen molar-refractivity contribution in [1.82, 2.24) is 0 Å². The lowest BCUT2D eigenvalue weighted by Crippen LogP contribution is -2.10. The lowest BCUT2D eigenvalue weighted by Gasteiger charge is -2.05. The summed E-state index contributed by atoms with van der Waals surface area (Å²) in [5.41, 5.74) is 1.32. The third-order valence-electron chi connectivity index (χ3n) is 1.78. The van der Waals surface area contributed by atoms with Crippen molar-refractivity contribution in [3.8, 4) is 0 Å². The summed E-state index contributed by atoms with van der Waals surface area (Å²) in [4.78, 5) is 10.2. The zero-order valence-corrected chi connectivity index (χ0v) is 7.86. The molecule has 1 aromatic rings. The number of hydrogen-bond donors (Lipinski definition) is 2. The van der Waals surface area contributed by atoms with Crippen molar-refractivity contribution in [2.24, 2.45) is 0 Å². The van der Waals surface area contributed by atoms with E-state index in [2.05, 4.69) is 5.32 Å². The smallest absolute Gasteiger partial charge is 0.291 e. The molecule has 0 fully saturated rings. The van der Waals surface area contributed by atoms with E-state index in [1.807, 2.05) is 0 Å². The molecule has 0 saturated carbocycles. The SMILES string of the molecule is Bc1ccc(NCCO)c([N+](=O)[O-])c1. The van der Waals surface area contributed by atoms with Crippen molar-refractivity contribution in [2.45, 2.75) is 0 Å². The highest BCUT2D eigenvalue weighted by atomic mass is 16.6. The zero-order valence-electron chi connectivity index (χ0n) is 7.86. The Balaban J connectivity index is 2.96. The molecule has 0 amide bonds. The molecule has 0 aliphatic rings. The Morgan fingerprint density at radius 3 is 2.86 bits per heavy atom. The van der Waals surface area contributed by atoms with Gasteiger partial charge in [0.05, 0.1) is 11.5 Å². The molecular weight excluding hydrogens is 183 g/mol. The molecule has 1 aromatic carbocycles. The third-order valence-corrected chi connectivity index (χ3v) is 1.78. The van der Waals surface area contributed by atoms with Crippen LogP contribution in [0.1, 0.15) is 0 Å². The molecule has 0 radical (unpaired) electrons. The fourth-order valence-corrected chi connectivity index (χ4v) is 1.13. The van der Waals surface area contributed by atoms with E-state index in [9.17, 15) is 10.1 Å². The quantitative estimate of drug-likeness (QED) is 0.376. The van der Waals surface area contributed by atoms with E-state index in [1.165, 1.54) is 6.07 Å². The van der Waals surface area contributed by atoms with Crippen LogP contribution in [0.15, 0.2) is 18.2 Å². The van der Waals surface area contributed by atoms with Crippen LogP contribution in [0.25, 0.3) is 0 Å². The molecule has 0 aromatic heterocycles. The van der Waals surface area contributed by atoms with Gasteiger partial charge in [0.1, 0.15) is 13.5 Å². The van der Waals surface area contributed by atoms with Gasteiger partial charge in [-0.3, -0.25) is 10.1 Å². The second-order valence-electron chi connectivity index (χ2n) is 2.93. The molecule has 14 heavy (non-hydrogen) atoms. The number of benzene rings is 1. The first-order valence-corrected chi connectivity index (χ1v) is 4.25. The molecular formula is C8H11BN2O3. The van der Waals surface area contributed by atoms with Crippen molar-refractivity contribution in [1.29, 1.82) is 0 Å². The van der Waals surface area contributed by atoms with E-state index in [-0.39, 0.29) is 12.3 Å². The summed E-state index contributed by atoms with van der Waals surface area (Å²) < 4.78 is 0. The van der Waals surface area contributed by atoms with Crippen LogP contribution in [-0.2, 0) is 0 Å². The highest BCUT2D eigenvalue weighted by Gasteiger charge is 2.12. The van der Waals surface area contributed by atoms with Gasteiger partial charge in [-0.15, -0.1) is 0 Å². The molecule has 0 saturated heterocycles. The minimum atomic E-state index is -0.438. The average molecular weight is 194 g/mol. The Morgan fingerprint density at radius 1 is 1.57 bits per heavy atom. The maximum atomic E-state index is 10.6. The zero-order chi connectivity index (χ0) is 10.6. The number of anilines is 1. The van der Waals surface area contributed by atoms with Gasteiger partial charge in [0.15, 0.2) is 0 Å². The summed E-state index contributed by atoms with van der Waals surface area (Å²) in [5, 5.41) is 22.0. The van der Waals surface area contributed by atoms with E-state index >= 15 is 0 Å². The van der Waals surface area contributed by atoms with Crippen LogP contribution in [-0.4, -0.2) is 31.0 Å². The lowest BCUT2D eigenvalue weighted by molar-refractivity contribution is -0.383. The fraction of sp³-hybridized carbons (Fsp3) is 0.250. The molecule has 6 heteroatoms. The second-order valence-corrected chi connectivity index (χ2v) is 2.93. The summed E-state index contributed by atoms with van der Waals surface area (Å²) in [7, 11) is 1.79. The number of aliphatic hydroxyl groups excluding tert-OH is 1.